The molecule has 1 aromatic rings. The Bertz CT molecular complexity index is 565. The highest BCUT2D eigenvalue weighted by Gasteiger charge is 2.14. The van der Waals surface area contributed by atoms with Crippen molar-refractivity contribution in [2.75, 3.05) is 45.9 Å². The molecule has 0 atom stereocenters. The van der Waals surface area contributed by atoms with E-state index in [0.29, 0.717) is 32.0 Å². The van der Waals surface area contributed by atoms with Gasteiger partial charge in [0.2, 0.25) is 0 Å². The molecule has 0 aliphatic carbocycles. The summed E-state index contributed by atoms with van der Waals surface area (Å²) in [6, 6.07) is 7.87. The van der Waals surface area contributed by atoms with Crippen LogP contribution in [0.3, 0.4) is 0 Å². The molecule has 0 spiro atoms. The van der Waals surface area contributed by atoms with Gasteiger partial charge in [0, 0.05) is 7.11 Å². The normalized spacial score (nSPS) is 11.2. The Hall–Kier alpha value is -1.46. The van der Waals surface area contributed by atoms with E-state index in [9.17, 15) is 8.42 Å². The first kappa shape index (κ1) is 17.6. The molecule has 0 saturated carbocycles. The first-order valence-electron chi connectivity index (χ1n) is 6.47. The zero-order chi connectivity index (χ0) is 15.6. The highest BCUT2D eigenvalue weighted by molar-refractivity contribution is 7.91. The Balaban J connectivity index is 2.32. The number of hydrogen-bond acceptors (Lipinski definition) is 6. The Kier molecular flexibility index (Phi) is 7.93. The summed E-state index contributed by atoms with van der Waals surface area (Å²) in [5.74, 6) is -0.125. The fraction of sp³-hybridized carbons (Fsp3) is 0.500. The summed E-state index contributed by atoms with van der Waals surface area (Å²) in [6.07, 6.45) is 0. The standard InChI is InChI=1S/C14H19NO5S/c1-18-5-6-19-7-8-20-9-10-21(16,17)14-4-2-3-13(11-14)12-15/h2-4,11H,5-10H2,1H3. The number of hydrogen-bond donors (Lipinski definition) is 0. The van der Waals surface area contributed by atoms with Gasteiger partial charge < -0.3 is 14.2 Å². The van der Waals surface area contributed by atoms with E-state index in [1.165, 1.54) is 12.1 Å². The van der Waals surface area contributed by atoms with Crippen LogP contribution in [-0.4, -0.2) is 54.3 Å². The van der Waals surface area contributed by atoms with Crippen molar-refractivity contribution in [1.82, 2.24) is 0 Å². The summed E-state index contributed by atoms with van der Waals surface area (Å²) in [7, 11) is -1.84. The number of nitrogens with zero attached hydrogens (tertiary/aromatic N) is 1. The lowest BCUT2D eigenvalue weighted by Crippen LogP contribution is -2.15. The van der Waals surface area contributed by atoms with Crippen molar-refractivity contribution >= 4 is 9.84 Å². The van der Waals surface area contributed by atoms with Crippen LogP contribution in [0, 0.1) is 11.3 Å². The van der Waals surface area contributed by atoms with Crippen LogP contribution in [0.1, 0.15) is 5.56 Å². The number of methoxy groups -OCH3 is 1. The molecule has 0 fully saturated rings. The maximum absolute atomic E-state index is 12.0. The molecule has 0 aromatic heterocycles. The smallest absolute Gasteiger partial charge is 0.180 e. The molecule has 0 bridgehead atoms. The lowest BCUT2D eigenvalue weighted by Gasteiger charge is -2.07. The van der Waals surface area contributed by atoms with Crippen molar-refractivity contribution in [1.29, 1.82) is 5.26 Å². The number of nitriles is 1. The van der Waals surface area contributed by atoms with Gasteiger partial charge in [-0.25, -0.2) is 8.42 Å². The second-order valence-electron chi connectivity index (χ2n) is 4.18. The van der Waals surface area contributed by atoms with Gasteiger partial charge in [-0.15, -0.1) is 0 Å². The van der Waals surface area contributed by atoms with E-state index in [1.807, 2.05) is 6.07 Å². The van der Waals surface area contributed by atoms with Gasteiger partial charge in [-0.1, -0.05) is 6.07 Å². The van der Waals surface area contributed by atoms with E-state index in [4.69, 9.17) is 19.5 Å². The van der Waals surface area contributed by atoms with Crippen LogP contribution < -0.4 is 0 Å². The maximum Gasteiger partial charge on any atom is 0.180 e. The van der Waals surface area contributed by atoms with Gasteiger partial charge in [0.25, 0.3) is 0 Å². The van der Waals surface area contributed by atoms with E-state index >= 15 is 0 Å². The van der Waals surface area contributed by atoms with Crippen LogP contribution in [0.25, 0.3) is 0 Å². The number of rotatable bonds is 10. The Morgan fingerprint density at radius 2 is 1.76 bits per heavy atom. The molecule has 0 amide bonds. The monoisotopic (exact) mass is 313 g/mol. The van der Waals surface area contributed by atoms with E-state index in [0.717, 1.165) is 0 Å². The van der Waals surface area contributed by atoms with Gasteiger partial charge in [-0.2, -0.15) is 5.26 Å². The second kappa shape index (κ2) is 9.47. The van der Waals surface area contributed by atoms with Crippen LogP contribution in [0.15, 0.2) is 29.2 Å². The second-order valence-corrected chi connectivity index (χ2v) is 6.29. The Labute approximate surface area is 125 Å². The Morgan fingerprint density at radius 3 is 2.43 bits per heavy atom. The van der Waals surface area contributed by atoms with Crippen LogP contribution in [-0.2, 0) is 24.0 Å². The third-order valence-electron chi connectivity index (χ3n) is 2.62. The number of sulfone groups is 1. The van der Waals surface area contributed by atoms with Crippen molar-refractivity contribution < 1.29 is 22.6 Å². The predicted molar refractivity (Wildman–Crippen MR) is 76.7 cm³/mol. The average molecular weight is 313 g/mol. The molecule has 21 heavy (non-hydrogen) atoms. The van der Waals surface area contributed by atoms with E-state index in [-0.39, 0.29) is 17.3 Å². The molecule has 0 radical (unpaired) electrons. The van der Waals surface area contributed by atoms with Crippen molar-refractivity contribution in [3.05, 3.63) is 29.8 Å². The fourth-order valence-electron chi connectivity index (χ4n) is 1.51. The molecule has 1 aromatic carbocycles. The molecule has 0 aliphatic heterocycles. The molecule has 0 aliphatic rings. The van der Waals surface area contributed by atoms with Crippen molar-refractivity contribution in [2.45, 2.75) is 4.90 Å². The first-order valence-corrected chi connectivity index (χ1v) is 8.12. The van der Waals surface area contributed by atoms with Gasteiger partial charge in [0.05, 0.1) is 55.3 Å². The summed E-state index contributed by atoms with van der Waals surface area (Å²) in [5, 5.41) is 8.77. The minimum atomic E-state index is -3.43. The molecule has 0 unspecified atom stereocenters. The van der Waals surface area contributed by atoms with Gasteiger partial charge in [0.15, 0.2) is 9.84 Å². The quantitative estimate of drug-likeness (QED) is 0.599. The Morgan fingerprint density at radius 1 is 1.10 bits per heavy atom. The van der Waals surface area contributed by atoms with Crippen molar-refractivity contribution in [3.8, 4) is 6.07 Å². The zero-order valence-corrected chi connectivity index (χ0v) is 12.8. The minimum Gasteiger partial charge on any atom is -0.382 e. The van der Waals surface area contributed by atoms with Crippen LogP contribution in [0.5, 0.6) is 0 Å². The maximum atomic E-state index is 12.0. The lowest BCUT2D eigenvalue weighted by atomic mass is 10.2. The van der Waals surface area contributed by atoms with Gasteiger partial charge >= 0.3 is 0 Å². The van der Waals surface area contributed by atoms with Gasteiger partial charge in [-0.3, -0.25) is 0 Å². The van der Waals surface area contributed by atoms with E-state index in [2.05, 4.69) is 0 Å². The van der Waals surface area contributed by atoms with Crippen LogP contribution in [0.2, 0.25) is 0 Å². The van der Waals surface area contributed by atoms with Gasteiger partial charge in [-0.05, 0) is 18.2 Å². The van der Waals surface area contributed by atoms with Crippen molar-refractivity contribution in [2.24, 2.45) is 0 Å². The van der Waals surface area contributed by atoms with Crippen LogP contribution in [0.4, 0.5) is 0 Å². The molecule has 0 heterocycles. The summed E-state index contributed by atoms with van der Waals surface area (Å²) >= 11 is 0. The van der Waals surface area contributed by atoms with E-state index < -0.39 is 9.84 Å². The predicted octanol–water partition coefficient (Wildman–Crippen LogP) is 1.01. The molecular formula is C14H19NO5S. The summed E-state index contributed by atoms with van der Waals surface area (Å²) in [5.41, 5.74) is 0.323. The minimum absolute atomic E-state index is 0.0900. The number of benzene rings is 1. The van der Waals surface area contributed by atoms with Crippen molar-refractivity contribution in [3.63, 3.8) is 0 Å². The molecule has 0 saturated heterocycles. The highest BCUT2D eigenvalue weighted by Crippen LogP contribution is 2.12. The fourth-order valence-corrected chi connectivity index (χ4v) is 2.68. The largest absolute Gasteiger partial charge is 0.382 e. The molecule has 7 heteroatoms. The molecule has 1 rings (SSSR count). The van der Waals surface area contributed by atoms with Gasteiger partial charge in [0.1, 0.15) is 0 Å². The zero-order valence-electron chi connectivity index (χ0n) is 11.9. The SMILES string of the molecule is COCCOCCOCCS(=O)(=O)c1cccc(C#N)c1. The third kappa shape index (κ3) is 6.69. The molecule has 116 valence electrons. The molecule has 0 N–H and O–H groups in total. The molecular weight excluding hydrogens is 294 g/mol. The summed E-state index contributed by atoms with van der Waals surface area (Å²) in [6.45, 7) is 1.82. The number of ether oxygens (including phenoxy) is 3. The first-order chi connectivity index (χ1) is 10.1. The lowest BCUT2D eigenvalue weighted by molar-refractivity contribution is 0.0284. The summed E-state index contributed by atoms with van der Waals surface area (Å²) in [4.78, 5) is 0.140. The summed E-state index contributed by atoms with van der Waals surface area (Å²) < 4.78 is 39.3. The third-order valence-corrected chi connectivity index (χ3v) is 4.30. The molecule has 6 nitrogen and oxygen atoms in total. The average Bonchev–Trinajstić information content (AvgIpc) is 2.50. The highest BCUT2D eigenvalue weighted by atomic mass is 32.2. The van der Waals surface area contributed by atoms with Crippen LogP contribution >= 0.6 is 0 Å². The van der Waals surface area contributed by atoms with E-state index in [1.54, 1.807) is 19.2 Å². The topological polar surface area (TPSA) is 85.6 Å².